The summed E-state index contributed by atoms with van der Waals surface area (Å²) in [6.07, 6.45) is 3.33. The SMILES string of the molecule is C=C(C)C(=O)O.C=C(C)C(=O)O.C=C(C)C(=O)O.C=C(C)C(=O)O.C=CC(=O)O.C=CC(=O)O.C=CC(=O)O.C=CC(=O)O.OCC(CO)(CO)CO.OCC(CO)(CO)CO. The largest absolute Gasteiger partial charge is 0.478 e. The Labute approximate surface area is 358 Å². The zero-order valence-corrected chi connectivity index (χ0v) is 35.0. The molecular formula is C38H64O24. The summed E-state index contributed by atoms with van der Waals surface area (Å²) in [7, 11) is 0. The third kappa shape index (κ3) is 85.5. The van der Waals surface area contributed by atoms with Crippen LogP contribution in [0.2, 0.25) is 0 Å². The molecule has 360 valence electrons. The maximum Gasteiger partial charge on any atom is 0.330 e. The highest BCUT2D eigenvalue weighted by Crippen LogP contribution is 2.12. The van der Waals surface area contributed by atoms with Gasteiger partial charge in [-0.1, -0.05) is 52.6 Å². The lowest BCUT2D eigenvalue weighted by Crippen LogP contribution is -2.37. The second-order valence-corrected chi connectivity index (χ2v) is 10.8. The van der Waals surface area contributed by atoms with Crippen LogP contribution in [0.15, 0.2) is 99.2 Å². The third-order valence-electron chi connectivity index (χ3n) is 4.84. The molecule has 0 amide bonds. The average molecular weight is 905 g/mol. The van der Waals surface area contributed by atoms with Crippen LogP contribution >= 0.6 is 0 Å². The van der Waals surface area contributed by atoms with Crippen LogP contribution in [0.4, 0.5) is 0 Å². The van der Waals surface area contributed by atoms with E-state index in [-0.39, 0.29) is 22.3 Å². The Hall–Kier alpha value is -6.64. The van der Waals surface area contributed by atoms with Gasteiger partial charge in [-0.05, 0) is 27.7 Å². The van der Waals surface area contributed by atoms with Crippen molar-refractivity contribution in [2.24, 2.45) is 10.8 Å². The molecule has 0 saturated heterocycles. The molecule has 0 aromatic carbocycles. The maximum atomic E-state index is 9.60. The quantitative estimate of drug-likeness (QED) is 0.0868. The predicted molar refractivity (Wildman–Crippen MR) is 223 cm³/mol. The van der Waals surface area contributed by atoms with E-state index in [0.717, 1.165) is 24.3 Å². The topological polar surface area (TPSA) is 460 Å². The van der Waals surface area contributed by atoms with E-state index in [2.05, 4.69) is 52.6 Å². The van der Waals surface area contributed by atoms with Gasteiger partial charge < -0.3 is 81.7 Å². The highest BCUT2D eigenvalue weighted by molar-refractivity contribution is 5.86. The lowest BCUT2D eigenvalue weighted by Gasteiger charge is -2.23. The Morgan fingerprint density at radius 3 is 0.387 bits per heavy atom. The fraction of sp³-hybridized carbons (Fsp3) is 0.368. The molecule has 0 aliphatic rings. The smallest absolute Gasteiger partial charge is 0.330 e. The second kappa shape index (κ2) is 54.4. The number of aliphatic hydroxyl groups excluding tert-OH is 8. The minimum absolute atomic E-state index is 0.176. The Balaban J connectivity index is -0.0000000611. The van der Waals surface area contributed by atoms with Crippen LogP contribution in [0, 0.1) is 10.8 Å². The summed E-state index contributed by atoms with van der Waals surface area (Å²) in [5, 5.41) is 130. The molecule has 0 aliphatic heterocycles. The molecular weight excluding hydrogens is 840 g/mol. The minimum Gasteiger partial charge on any atom is -0.478 e. The minimum atomic E-state index is -1.11. The number of aliphatic hydroxyl groups is 8. The van der Waals surface area contributed by atoms with Gasteiger partial charge >= 0.3 is 47.8 Å². The fourth-order valence-corrected chi connectivity index (χ4v) is 0.600. The molecule has 0 saturated carbocycles. The number of carbonyl (C=O) groups is 8. The van der Waals surface area contributed by atoms with Crippen molar-refractivity contribution in [2.45, 2.75) is 27.7 Å². The van der Waals surface area contributed by atoms with Gasteiger partial charge in [0.2, 0.25) is 0 Å². The van der Waals surface area contributed by atoms with E-state index in [9.17, 15) is 38.4 Å². The van der Waals surface area contributed by atoms with Crippen molar-refractivity contribution in [3.63, 3.8) is 0 Å². The van der Waals surface area contributed by atoms with Crippen LogP contribution in [0.5, 0.6) is 0 Å². The summed E-state index contributed by atoms with van der Waals surface area (Å²) in [4.78, 5) is 75.4. The molecule has 0 unspecified atom stereocenters. The van der Waals surface area contributed by atoms with Crippen molar-refractivity contribution in [1.82, 2.24) is 0 Å². The first-order chi connectivity index (χ1) is 28.1. The van der Waals surface area contributed by atoms with Crippen molar-refractivity contribution < 1.29 is 120 Å². The molecule has 0 heterocycles. The summed E-state index contributed by atoms with van der Waals surface area (Å²) in [5.74, 6) is -7.67. The summed E-state index contributed by atoms with van der Waals surface area (Å²) in [6.45, 7) is 27.0. The van der Waals surface area contributed by atoms with Gasteiger partial charge in [0, 0.05) is 46.6 Å². The molecule has 24 nitrogen and oxygen atoms in total. The average Bonchev–Trinajstić information content (AvgIpc) is 3.21. The van der Waals surface area contributed by atoms with Crippen LogP contribution in [-0.2, 0) is 38.4 Å². The van der Waals surface area contributed by atoms with Crippen LogP contribution in [0.3, 0.4) is 0 Å². The number of carboxylic acid groups (broad SMARTS) is 8. The second-order valence-electron chi connectivity index (χ2n) is 10.8. The Bertz CT molecular complexity index is 1110. The zero-order chi connectivity index (χ0) is 52.4. The lowest BCUT2D eigenvalue weighted by molar-refractivity contribution is -0.133. The van der Waals surface area contributed by atoms with E-state index in [1.165, 1.54) is 27.7 Å². The number of carboxylic acids is 8. The molecule has 0 radical (unpaired) electrons. The van der Waals surface area contributed by atoms with Gasteiger partial charge in [-0.15, -0.1) is 0 Å². The van der Waals surface area contributed by atoms with E-state index in [4.69, 9.17) is 81.7 Å². The van der Waals surface area contributed by atoms with Gasteiger partial charge in [-0.25, -0.2) is 38.4 Å². The molecule has 0 atom stereocenters. The Kier molecular flexibility index (Phi) is 69.7. The third-order valence-corrected chi connectivity index (χ3v) is 4.84. The van der Waals surface area contributed by atoms with E-state index >= 15 is 0 Å². The van der Waals surface area contributed by atoms with Gasteiger partial charge in [0.1, 0.15) is 0 Å². The lowest BCUT2D eigenvalue weighted by atomic mass is 9.93. The van der Waals surface area contributed by atoms with Crippen LogP contribution in [0.25, 0.3) is 0 Å². The fourth-order valence-electron chi connectivity index (χ4n) is 0.600. The highest BCUT2D eigenvalue weighted by atomic mass is 16.4. The molecule has 0 aromatic heterocycles. The predicted octanol–water partition coefficient (Wildman–Crippen LogP) is -0.500. The molecule has 62 heavy (non-hydrogen) atoms. The van der Waals surface area contributed by atoms with E-state index in [0.29, 0.717) is 0 Å². The number of hydrogen-bond donors (Lipinski definition) is 16. The summed E-state index contributed by atoms with van der Waals surface area (Å²) >= 11 is 0. The first kappa shape index (κ1) is 79.5. The maximum absolute atomic E-state index is 9.60. The number of hydrogen-bond acceptors (Lipinski definition) is 16. The summed E-state index contributed by atoms with van der Waals surface area (Å²) in [6, 6.07) is 0. The van der Waals surface area contributed by atoms with Gasteiger partial charge in [0.15, 0.2) is 0 Å². The number of aliphatic carboxylic acids is 8. The van der Waals surface area contributed by atoms with Crippen LogP contribution in [-0.4, -0.2) is 182 Å². The van der Waals surface area contributed by atoms with Crippen LogP contribution in [0.1, 0.15) is 27.7 Å². The summed E-state index contributed by atoms with van der Waals surface area (Å²) in [5.41, 5.74) is -1.52. The highest BCUT2D eigenvalue weighted by Gasteiger charge is 2.27. The monoisotopic (exact) mass is 904 g/mol. The molecule has 0 spiro atoms. The van der Waals surface area contributed by atoms with E-state index in [1.54, 1.807) is 0 Å². The van der Waals surface area contributed by atoms with Crippen molar-refractivity contribution in [1.29, 1.82) is 0 Å². The standard InChI is InChI=1S/2C5H12O4.4C4H6O2.4C3H4O2/c2*6-1-5(2-7,3-8)4-9;4*1-3(2)4(5)6;4*1-2-3(4)5/h2*6-9H,1-4H2;4*1H2,2H3,(H,5,6);4*2H,1H2,(H,4,5). The van der Waals surface area contributed by atoms with Gasteiger partial charge in [0.05, 0.1) is 63.7 Å². The van der Waals surface area contributed by atoms with Gasteiger partial charge in [-0.3, -0.25) is 0 Å². The first-order valence-corrected chi connectivity index (χ1v) is 16.0. The normalized spacial score (nSPS) is 8.45. The van der Waals surface area contributed by atoms with E-state index < -0.39 is 111 Å². The van der Waals surface area contributed by atoms with Crippen molar-refractivity contribution in [3.8, 4) is 0 Å². The van der Waals surface area contributed by atoms with Crippen molar-refractivity contribution >= 4 is 47.8 Å². The molecule has 0 bridgehead atoms. The molecule has 16 N–H and O–H groups in total. The van der Waals surface area contributed by atoms with Crippen molar-refractivity contribution in [2.75, 3.05) is 52.9 Å². The Morgan fingerprint density at radius 2 is 0.387 bits per heavy atom. The first-order valence-electron chi connectivity index (χ1n) is 16.0. The molecule has 0 rings (SSSR count). The van der Waals surface area contributed by atoms with E-state index in [1.807, 2.05) is 0 Å². The van der Waals surface area contributed by atoms with Crippen molar-refractivity contribution in [3.05, 3.63) is 99.2 Å². The molecule has 0 aliphatic carbocycles. The molecule has 0 aromatic rings. The van der Waals surface area contributed by atoms with Gasteiger partial charge in [-0.2, -0.15) is 0 Å². The van der Waals surface area contributed by atoms with Gasteiger partial charge in [0.25, 0.3) is 0 Å². The summed E-state index contributed by atoms with van der Waals surface area (Å²) < 4.78 is 0. The molecule has 24 heteroatoms. The molecule has 0 fully saturated rings. The Morgan fingerprint density at radius 1 is 0.323 bits per heavy atom. The number of rotatable bonds is 16. The zero-order valence-electron chi connectivity index (χ0n) is 35.0. The van der Waals surface area contributed by atoms with Crippen LogP contribution < -0.4 is 0 Å².